The molecule has 0 atom stereocenters. The number of benzene rings is 2. The Hall–Kier alpha value is -2.98. The Morgan fingerprint density at radius 3 is 2.48 bits per heavy atom. The highest BCUT2D eigenvalue weighted by molar-refractivity contribution is 9.10. The molecule has 2 amide bonds. The summed E-state index contributed by atoms with van der Waals surface area (Å²) in [6.07, 6.45) is 1.37. The van der Waals surface area contributed by atoms with Crippen molar-refractivity contribution in [1.29, 1.82) is 0 Å². The number of thiocarbonyl (C=S) groups is 1. The van der Waals surface area contributed by atoms with E-state index in [0.29, 0.717) is 18.8 Å². The topological polar surface area (TPSA) is 106 Å². The van der Waals surface area contributed by atoms with E-state index in [0.717, 1.165) is 16.5 Å². The molecule has 2 aromatic rings. The molecule has 8 nitrogen and oxygen atoms in total. The van der Waals surface area contributed by atoms with Gasteiger partial charge in [-0.3, -0.25) is 25.2 Å². The van der Waals surface area contributed by atoms with Gasteiger partial charge in [-0.15, -0.1) is 0 Å². The number of rotatable bonds is 10. The van der Waals surface area contributed by atoms with Gasteiger partial charge in [0.15, 0.2) is 11.7 Å². The van der Waals surface area contributed by atoms with Crippen LogP contribution in [0.1, 0.15) is 30.4 Å². The van der Waals surface area contributed by atoms with Crippen LogP contribution in [0.4, 0.5) is 0 Å². The number of hydrogen-bond acceptors (Lipinski definition) is 6. The first-order valence-electron chi connectivity index (χ1n) is 10.3. The summed E-state index contributed by atoms with van der Waals surface area (Å²) < 4.78 is 11.3. The Balaban J connectivity index is 1.54. The second-order valence-electron chi connectivity index (χ2n) is 7.08. The molecule has 2 aromatic carbocycles. The molecule has 0 unspecified atom stereocenters. The number of ether oxygens (including phenoxy) is 2. The highest BCUT2D eigenvalue weighted by atomic mass is 79.9. The van der Waals surface area contributed by atoms with E-state index in [9.17, 15) is 14.4 Å². The molecular formula is C23H26BrN3O5S. The maximum atomic E-state index is 11.9. The Morgan fingerprint density at radius 2 is 1.76 bits per heavy atom. The van der Waals surface area contributed by atoms with Crippen molar-refractivity contribution in [1.82, 2.24) is 16.2 Å². The van der Waals surface area contributed by atoms with Crippen LogP contribution in [-0.4, -0.2) is 36.1 Å². The van der Waals surface area contributed by atoms with E-state index in [4.69, 9.17) is 21.7 Å². The summed E-state index contributed by atoms with van der Waals surface area (Å²) in [7, 11) is 0. The van der Waals surface area contributed by atoms with E-state index in [1.165, 1.54) is 5.56 Å². The average Bonchev–Trinajstić information content (AvgIpc) is 2.79. The van der Waals surface area contributed by atoms with Gasteiger partial charge in [0, 0.05) is 6.42 Å². The molecule has 2 rings (SSSR count). The minimum absolute atomic E-state index is 0.0641. The molecule has 0 spiro atoms. The average molecular weight is 536 g/mol. The van der Waals surface area contributed by atoms with Crippen LogP contribution in [-0.2, 0) is 25.5 Å². The summed E-state index contributed by atoms with van der Waals surface area (Å²) in [6, 6.07) is 15.4. The number of halogens is 1. The SMILES string of the molecule is Cc1ccc(OCC(=O)NNC(=S)NC(=O)CCC(=O)OCCCc2ccccc2)c(Br)c1. The zero-order chi connectivity index (χ0) is 24.1. The summed E-state index contributed by atoms with van der Waals surface area (Å²) >= 11 is 8.32. The van der Waals surface area contributed by atoms with E-state index in [2.05, 4.69) is 32.1 Å². The summed E-state index contributed by atoms with van der Waals surface area (Å²) in [6.45, 7) is 1.99. The molecule has 0 heterocycles. The van der Waals surface area contributed by atoms with E-state index in [1.807, 2.05) is 49.4 Å². The summed E-state index contributed by atoms with van der Waals surface area (Å²) in [5.41, 5.74) is 6.97. The van der Waals surface area contributed by atoms with Crippen LogP contribution in [0, 0.1) is 6.92 Å². The van der Waals surface area contributed by atoms with Gasteiger partial charge in [-0.2, -0.15) is 0 Å². The standard InChI is InChI=1S/C23H26BrN3O5S/c1-16-9-10-19(18(24)14-16)32-15-21(29)26-27-23(33)25-20(28)11-12-22(30)31-13-5-8-17-6-3-2-4-7-17/h2-4,6-7,9-10,14H,5,8,11-13,15H2,1H3,(H,26,29)(H2,25,27,28,33). The number of carbonyl (C=O) groups is 3. The van der Waals surface area contributed by atoms with E-state index < -0.39 is 17.8 Å². The van der Waals surface area contributed by atoms with Crippen LogP contribution in [0.5, 0.6) is 5.75 Å². The van der Waals surface area contributed by atoms with Gasteiger partial charge in [0.25, 0.3) is 5.91 Å². The largest absolute Gasteiger partial charge is 0.483 e. The summed E-state index contributed by atoms with van der Waals surface area (Å²) in [4.78, 5) is 35.5. The van der Waals surface area contributed by atoms with Crippen molar-refractivity contribution in [3.63, 3.8) is 0 Å². The van der Waals surface area contributed by atoms with Crippen LogP contribution >= 0.6 is 28.1 Å². The fourth-order valence-corrected chi connectivity index (χ4v) is 3.42. The number of esters is 1. The first-order chi connectivity index (χ1) is 15.8. The molecule has 33 heavy (non-hydrogen) atoms. The van der Waals surface area contributed by atoms with Crippen molar-refractivity contribution in [3.8, 4) is 5.75 Å². The van der Waals surface area contributed by atoms with Gasteiger partial charge in [0.1, 0.15) is 5.75 Å². The summed E-state index contributed by atoms with van der Waals surface area (Å²) in [5, 5.41) is 2.28. The first-order valence-corrected chi connectivity index (χ1v) is 11.5. The van der Waals surface area contributed by atoms with Gasteiger partial charge in [0.2, 0.25) is 5.91 Å². The first kappa shape index (κ1) is 26.3. The number of carbonyl (C=O) groups excluding carboxylic acids is 3. The van der Waals surface area contributed by atoms with Gasteiger partial charge in [0.05, 0.1) is 17.5 Å². The zero-order valence-electron chi connectivity index (χ0n) is 18.2. The minimum atomic E-state index is -0.488. The Bertz CT molecular complexity index is 972. The lowest BCUT2D eigenvalue weighted by atomic mass is 10.1. The van der Waals surface area contributed by atoms with Crippen LogP contribution in [0.2, 0.25) is 0 Å². The van der Waals surface area contributed by atoms with E-state index >= 15 is 0 Å². The lowest BCUT2D eigenvalue weighted by Crippen LogP contribution is -2.49. The van der Waals surface area contributed by atoms with Crippen LogP contribution in [0.15, 0.2) is 53.0 Å². The van der Waals surface area contributed by atoms with Crippen LogP contribution in [0.3, 0.4) is 0 Å². The zero-order valence-corrected chi connectivity index (χ0v) is 20.6. The smallest absolute Gasteiger partial charge is 0.306 e. The molecule has 0 radical (unpaired) electrons. The van der Waals surface area contributed by atoms with Crippen molar-refractivity contribution >= 4 is 51.0 Å². The van der Waals surface area contributed by atoms with E-state index in [1.54, 1.807) is 6.07 Å². The normalized spacial score (nSPS) is 10.1. The lowest BCUT2D eigenvalue weighted by molar-refractivity contribution is -0.145. The molecule has 0 bridgehead atoms. The van der Waals surface area contributed by atoms with Crippen molar-refractivity contribution in [2.75, 3.05) is 13.2 Å². The van der Waals surface area contributed by atoms with Gasteiger partial charge in [-0.1, -0.05) is 36.4 Å². The molecule has 0 saturated carbocycles. The third-order valence-electron chi connectivity index (χ3n) is 4.29. The van der Waals surface area contributed by atoms with Gasteiger partial charge in [-0.05, 0) is 71.2 Å². The lowest BCUT2D eigenvalue weighted by Gasteiger charge is -2.12. The predicted octanol–water partition coefficient (Wildman–Crippen LogP) is 3.11. The Kier molecular flexibility index (Phi) is 11.3. The highest BCUT2D eigenvalue weighted by Gasteiger charge is 2.11. The maximum Gasteiger partial charge on any atom is 0.306 e. The third-order valence-corrected chi connectivity index (χ3v) is 5.11. The minimum Gasteiger partial charge on any atom is -0.483 e. The van der Waals surface area contributed by atoms with Crippen LogP contribution in [0.25, 0.3) is 0 Å². The van der Waals surface area contributed by atoms with Gasteiger partial charge < -0.3 is 14.8 Å². The predicted molar refractivity (Wildman–Crippen MR) is 131 cm³/mol. The second kappa shape index (κ2) is 14.2. The fourth-order valence-electron chi connectivity index (χ4n) is 2.64. The molecule has 10 heteroatoms. The van der Waals surface area contributed by atoms with Crippen molar-refractivity contribution in [2.45, 2.75) is 32.6 Å². The molecule has 0 aliphatic carbocycles. The molecule has 0 aliphatic heterocycles. The molecule has 0 fully saturated rings. The number of amides is 2. The fraction of sp³-hybridized carbons (Fsp3) is 0.304. The number of hydrazine groups is 1. The maximum absolute atomic E-state index is 11.9. The second-order valence-corrected chi connectivity index (χ2v) is 8.35. The molecule has 0 aromatic heterocycles. The molecule has 3 N–H and O–H groups in total. The molecule has 0 aliphatic rings. The quantitative estimate of drug-likeness (QED) is 0.186. The Labute approximate surface area is 206 Å². The van der Waals surface area contributed by atoms with Gasteiger partial charge in [-0.25, -0.2) is 0 Å². The molecular weight excluding hydrogens is 510 g/mol. The Morgan fingerprint density at radius 1 is 1.00 bits per heavy atom. The summed E-state index contributed by atoms with van der Waals surface area (Å²) in [5.74, 6) is -0.885. The molecule has 176 valence electrons. The van der Waals surface area contributed by atoms with E-state index in [-0.39, 0.29) is 24.6 Å². The van der Waals surface area contributed by atoms with Crippen molar-refractivity contribution < 1.29 is 23.9 Å². The third kappa shape index (κ3) is 10.9. The van der Waals surface area contributed by atoms with Crippen LogP contribution < -0.4 is 20.9 Å². The number of nitrogens with one attached hydrogen (secondary N) is 3. The van der Waals surface area contributed by atoms with Gasteiger partial charge >= 0.3 is 5.97 Å². The number of aryl methyl sites for hydroxylation is 2. The van der Waals surface area contributed by atoms with Crippen molar-refractivity contribution in [3.05, 3.63) is 64.1 Å². The van der Waals surface area contributed by atoms with Crippen molar-refractivity contribution in [2.24, 2.45) is 0 Å². The monoisotopic (exact) mass is 535 g/mol. The number of hydrogen-bond donors (Lipinski definition) is 3. The highest BCUT2D eigenvalue weighted by Crippen LogP contribution is 2.25. The molecule has 0 saturated heterocycles.